The van der Waals surface area contributed by atoms with E-state index in [0.717, 1.165) is 6.54 Å². The van der Waals surface area contributed by atoms with Crippen LogP contribution in [0.4, 0.5) is 4.79 Å². The van der Waals surface area contributed by atoms with E-state index in [-0.39, 0.29) is 6.09 Å². The van der Waals surface area contributed by atoms with Gasteiger partial charge in [0.2, 0.25) is 0 Å². The molecule has 114 valence electrons. The van der Waals surface area contributed by atoms with E-state index in [9.17, 15) is 4.79 Å². The van der Waals surface area contributed by atoms with E-state index in [2.05, 4.69) is 31.4 Å². The Kier molecular flexibility index (Phi) is 8.81. The SMILES string of the molecule is CCCCCNC(CNC(=O)OC(C)(C)C)C(C)C. The van der Waals surface area contributed by atoms with Crippen LogP contribution in [0.3, 0.4) is 0 Å². The van der Waals surface area contributed by atoms with Crippen LogP contribution in [0, 0.1) is 5.92 Å². The maximum Gasteiger partial charge on any atom is 0.407 e. The van der Waals surface area contributed by atoms with E-state index < -0.39 is 5.60 Å². The Hall–Kier alpha value is -0.770. The number of unbranched alkanes of at least 4 members (excludes halogenated alkanes) is 2. The normalized spacial score (nSPS) is 13.4. The lowest BCUT2D eigenvalue weighted by molar-refractivity contribution is 0.0519. The van der Waals surface area contributed by atoms with E-state index in [1.807, 2.05) is 20.8 Å². The minimum Gasteiger partial charge on any atom is -0.444 e. The van der Waals surface area contributed by atoms with Crippen molar-refractivity contribution in [2.24, 2.45) is 5.92 Å². The third-order valence-electron chi connectivity index (χ3n) is 2.86. The average Bonchev–Trinajstić information content (AvgIpc) is 2.25. The summed E-state index contributed by atoms with van der Waals surface area (Å²) in [5.74, 6) is 0.483. The Morgan fingerprint density at radius 1 is 1.21 bits per heavy atom. The molecule has 0 aromatic rings. The van der Waals surface area contributed by atoms with Crippen LogP contribution in [0.2, 0.25) is 0 Å². The molecule has 0 aliphatic carbocycles. The second kappa shape index (κ2) is 9.18. The minimum atomic E-state index is -0.439. The van der Waals surface area contributed by atoms with Gasteiger partial charge in [0.05, 0.1) is 0 Å². The average molecular weight is 272 g/mol. The van der Waals surface area contributed by atoms with Crippen molar-refractivity contribution < 1.29 is 9.53 Å². The van der Waals surface area contributed by atoms with Gasteiger partial charge < -0.3 is 15.4 Å². The second-order valence-corrected chi connectivity index (χ2v) is 6.39. The van der Waals surface area contributed by atoms with Crippen molar-refractivity contribution in [1.29, 1.82) is 0 Å². The lowest BCUT2D eigenvalue weighted by Crippen LogP contribution is -2.45. The zero-order chi connectivity index (χ0) is 14.9. The van der Waals surface area contributed by atoms with Crippen LogP contribution < -0.4 is 10.6 Å². The summed E-state index contributed by atoms with van der Waals surface area (Å²) >= 11 is 0. The number of rotatable bonds is 8. The molecule has 0 spiro atoms. The Bertz CT molecular complexity index is 247. The zero-order valence-electron chi connectivity index (χ0n) is 13.5. The van der Waals surface area contributed by atoms with Crippen molar-refractivity contribution in [1.82, 2.24) is 10.6 Å². The number of carbonyl (C=O) groups excluding carboxylic acids is 1. The number of amides is 1. The highest BCUT2D eigenvalue weighted by atomic mass is 16.6. The van der Waals surface area contributed by atoms with Gasteiger partial charge in [-0.3, -0.25) is 0 Å². The molecule has 0 rings (SSSR count). The van der Waals surface area contributed by atoms with Gasteiger partial charge >= 0.3 is 6.09 Å². The fraction of sp³-hybridized carbons (Fsp3) is 0.933. The van der Waals surface area contributed by atoms with Gasteiger partial charge in [0.25, 0.3) is 0 Å². The molecule has 0 saturated carbocycles. The molecule has 2 N–H and O–H groups in total. The third-order valence-corrected chi connectivity index (χ3v) is 2.86. The Morgan fingerprint density at radius 2 is 1.84 bits per heavy atom. The summed E-state index contributed by atoms with van der Waals surface area (Å²) in [5.41, 5.74) is -0.439. The van der Waals surface area contributed by atoms with Gasteiger partial charge in [-0.15, -0.1) is 0 Å². The molecule has 0 aliphatic rings. The highest BCUT2D eigenvalue weighted by Crippen LogP contribution is 2.07. The van der Waals surface area contributed by atoms with E-state index in [4.69, 9.17) is 4.74 Å². The summed E-state index contributed by atoms with van der Waals surface area (Å²) in [5, 5.41) is 6.34. The Balaban J connectivity index is 3.97. The van der Waals surface area contributed by atoms with Crippen LogP contribution in [0.25, 0.3) is 0 Å². The highest BCUT2D eigenvalue weighted by molar-refractivity contribution is 5.67. The lowest BCUT2D eigenvalue weighted by atomic mass is 10.0. The van der Waals surface area contributed by atoms with E-state index in [0.29, 0.717) is 18.5 Å². The standard InChI is InChI=1S/C15H32N2O2/c1-7-8-9-10-16-13(12(2)3)11-17-14(18)19-15(4,5)6/h12-13,16H,7-11H2,1-6H3,(H,17,18). The third kappa shape index (κ3) is 10.8. The molecule has 0 radical (unpaired) electrons. The predicted molar refractivity (Wildman–Crippen MR) is 80.4 cm³/mol. The molecule has 19 heavy (non-hydrogen) atoms. The summed E-state index contributed by atoms with van der Waals surface area (Å²) in [6.45, 7) is 13.7. The number of nitrogens with one attached hydrogen (secondary N) is 2. The smallest absolute Gasteiger partial charge is 0.407 e. The molecule has 0 saturated heterocycles. The molecule has 1 amide bonds. The predicted octanol–water partition coefficient (Wildman–Crippen LogP) is 3.32. The second-order valence-electron chi connectivity index (χ2n) is 6.39. The summed E-state index contributed by atoms with van der Waals surface area (Å²) in [4.78, 5) is 11.6. The maximum absolute atomic E-state index is 11.6. The molecule has 1 atom stereocenters. The first-order chi connectivity index (χ1) is 8.76. The van der Waals surface area contributed by atoms with E-state index >= 15 is 0 Å². The van der Waals surface area contributed by atoms with Crippen molar-refractivity contribution in [3.8, 4) is 0 Å². The van der Waals surface area contributed by atoms with Gasteiger partial charge in [-0.2, -0.15) is 0 Å². The van der Waals surface area contributed by atoms with Crippen molar-refractivity contribution in [2.45, 2.75) is 72.4 Å². The topological polar surface area (TPSA) is 50.4 Å². The van der Waals surface area contributed by atoms with Gasteiger partial charge in [-0.25, -0.2) is 4.79 Å². The van der Waals surface area contributed by atoms with E-state index in [1.54, 1.807) is 0 Å². The molecule has 4 nitrogen and oxygen atoms in total. The first-order valence-electron chi connectivity index (χ1n) is 7.46. The lowest BCUT2D eigenvalue weighted by Gasteiger charge is -2.25. The van der Waals surface area contributed by atoms with Crippen LogP contribution in [-0.2, 0) is 4.74 Å². The number of hydrogen-bond acceptors (Lipinski definition) is 3. The Morgan fingerprint density at radius 3 is 2.32 bits per heavy atom. The van der Waals surface area contributed by atoms with Crippen LogP contribution >= 0.6 is 0 Å². The van der Waals surface area contributed by atoms with Gasteiger partial charge in [0, 0.05) is 12.6 Å². The van der Waals surface area contributed by atoms with E-state index in [1.165, 1.54) is 19.3 Å². The fourth-order valence-corrected chi connectivity index (χ4v) is 1.71. The number of alkyl carbamates (subject to hydrolysis) is 1. The quantitative estimate of drug-likeness (QED) is 0.666. The van der Waals surface area contributed by atoms with Crippen LogP contribution in [-0.4, -0.2) is 30.8 Å². The van der Waals surface area contributed by atoms with Gasteiger partial charge in [-0.05, 0) is 39.7 Å². The number of ether oxygens (including phenoxy) is 1. The van der Waals surface area contributed by atoms with Gasteiger partial charge in [0.15, 0.2) is 0 Å². The van der Waals surface area contributed by atoms with Gasteiger partial charge in [0.1, 0.15) is 5.60 Å². The molecule has 0 aliphatic heterocycles. The Labute approximate surface area is 118 Å². The van der Waals surface area contributed by atoms with Crippen molar-refractivity contribution in [3.63, 3.8) is 0 Å². The van der Waals surface area contributed by atoms with Gasteiger partial charge in [-0.1, -0.05) is 33.6 Å². The van der Waals surface area contributed by atoms with Crippen molar-refractivity contribution in [2.75, 3.05) is 13.1 Å². The first-order valence-corrected chi connectivity index (χ1v) is 7.46. The molecular formula is C15H32N2O2. The minimum absolute atomic E-state index is 0.296. The maximum atomic E-state index is 11.6. The highest BCUT2D eigenvalue weighted by Gasteiger charge is 2.18. The summed E-state index contributed by atoms with van der Waals surface area (Å²) < 4.78 is 5.23. The summed E-state index contributed by atoms with van der Waals surface area (Å²) in [7, 11) is 0. The zero-order valence-corrected chi connectivity index (χ0v) is 13.5. The molecule has 4 heteroatoms. The fourth-order valence-electron chi connectivity index (χ4n) is 1.71. The molecule has 0 aromatic heterocycles. The van der Waals surface area contributed by atoms with Crippen molar-refractivity contribution in [3.05, 3.63) is 0 Å². The molecule has 0 fully saturated rings. The molecular weight excluding hydrogens is 240 g/mol. The summed E-state index contributed by atoms with van der Waals surface area (Å²) in [6, 6.07) is 0.296. The number of hydrogen-bond donors (Lipinski definition) is 2. The van der Waals surface area contributed by atoms with Crippen LogP contribution in [0.15, 0.2) is 0 Å². The largest absolute Gasteiger partial charge is 0.444 e. The summed E-state index contributed by atoms with van der Waals surface area (Å²) in [6.07, 6.45) is 3.32. The van der Waals surface area contributed by atoms with Crippen molar-refractivity contribution >= 4 is 6.09 Å². The molecule has 0 aromatic carbocycles. The molecule has 1 unspecified atom stereocenters. The molecule has 0 bridgehead atoms. The first kappa shape index (κ1) is 18.2. The van der Waals surface area contributed by atoms with Crippen LogP contribution in [0.1, 0.15) is 60.8 Å². The van der Waals surface area contributed by atoms with Crippen LogP contribution in [0.5, 0.6) is 0 Å². The monoisotopic (exact) mass is 272 g/mol. The number of carbonyl (C=O) groups is 1. The molecule has 0 heterocycles.